The second-order valence-corrected chi connectivity index (χ2v) is 13.8. The van der Waals surface area contributed by atoms with Gasteiger partial charge >= 0.3 is 0 Å². The lowest BCUT2D eigenvalue weighted by atomic mass is 9.83. The lowest BCUT2D eigenvalue weighted by Gasteiger charge is -2.30. The van der Waals surface area contributed by atoms with Crippen molar-refractivity contribution in [1.29, 1.82) is 0 Å². The summed E-state index contributed by atoms with van der Waals surface area (Å²) in [7, 11) is 4.02. The van der Waals surface area contributed by atoms with Crippen molar-refractivity contribution in [2.75, 3.05) is 42.4 Å². The van der Waals surface area contributed by atoms with E-state index in [0.29, 0.717) is 30.0 Å². The van der Waals surface area contributed by atoms with E-state index in [2.05, 4.69) is 37.7 Å². The summed E-state index contributed by atoms with van der Waals surface area (Å²) in [5.41, 5.74) is 3.07. The monoisotopic (exact) mass is 695 g/mol. The fourth-order valence-corrected chi connectivity index (χ4v) is 7.07. The Morgan fingerprint density at radius 1 is 0.957 bits per heavy atom. The molecule has 0 saturated heterocycles. The van der Waals surface area contributed by atoms with Gasteiger partial charge in [0.05, 0.1) is 17.1 Å². The number of fused-ring (bicyclic) bond motifs is 1. The summed E-state index contributed by atoms with van der Waals surface area (Å²) in [4.78, 5) is 38.8. The number of para-hydroxylation sites is 2. The van der Waals surface area contributed by atoms with Crippen LogP contribution in [0, 0.1) is 17.8 Å². The number of Topliss-reactive ketones (excluding diaryl/α,β-unsaturated/α-hetero) is 1. The Hall–Kier alpha value is -4.15. The van der Waals surface area contributed by atoms with Crippen molar-refractivity contribution in [3.05, 3.63) is 88.9 Å². The van der Waals surface area contributed by atoms with E-state index < -0.39 is 5.92 Å². The second-order valence-electron chi connectivity index (χ2n) is 12.9. The van der Waals surface area contributed by atoms with Crippen molar-refractivity contribution in [2.24, 2.45) is 22.9 Å². The third kappa shape index (κ3) is 7.71. The van der Waals surface area contributed by atoms with Crippen LogP contribution in [-0.2, 0) is 4.79 Å². The molecule has 6 rings (SSSR count). The normalized spacial score (nSPS) is 20.3. The molecule has 1 saturated carbocycles. The molecule has 1 aliphatic carbocycles. The summed E-state index contributed by atoms with van der Waals surface area (Å²) in [5, 5.41) is 14.4. The summed E-state index contributed by atoms with van der Waals surface area (Å²) in [6.07, 6.45) is 4.48. The molecule has 2 atom stereocenters. The van der Waals surface area contributed by atoms with Crippen molar-refractivity contribution < 1.29 is 9.59 Å². The number of carbonyl (C=O) groups is 2. The van der Waals surface area contributed by atoms with E-state index in [9.17, 15) is 9.59 Å². The van der Waals surface area contributed by atoms with Gasteiger partial charge in [-0.15, -0.1) is 0 Å². The highest BCUT2D eigenvalue weighted by molar-refractivity contribution is 9.10. The van der Waals surface area contributed by atoms with Crippen molar-refractivity contribution in [3.8, 4) is 0 Å². The molecular weight excluding hydrogens is 654 g/mol. The molecule has 9 nitrogen and oxygen atoms in total. The Balaban J connectivity index is 1.07. The minimum Gasteiger partial charge on any atom is -0.362 e. The predicted molar refractivity (Wildman–Crippen MR) is 193 cm³/mol. The highest BCUT2D eigenvalue weighted by atomic mass is 79.9. The lowest BCUT2D eigenvalue weighted by Crippen LogP contribution is -2.40. The zero-order valence-electron chi connectivity index (χ0n) is 27.2. The van der Waals surface area contributed by atoms with Gasteiger partial charge in [-0.3, -0.25) is 9.59 Å². The molecule has 1 aromatic heterocycles. The molecule has 1 fully saturated rings. The van der Waals surface area contributed by atoms with Crippen LogP contribution in [0.25, 0.3) is 10.9 Å². The largest absolute Gasteiger partial charge is 0.362 e. The van der Waals surface area contributed by atoms with Gasteiger partial charge in [-0.05, 0) is 93.9 Å². The molecule has 244 valence electrons. The minimum absolute atomic E-state index is 0.0305. The van der Waals surface area contributed by atoms with E-state index in [0.717, 1.165) is 64.8 Å². The average molecular weight is 697 g/mol. The average Bonchev–Trinajstić information content (AvgIpc) is 3.38. The van der Waals surface area contributed by atoms with Gasteiger partial charge in [-0.1, -0.05) is 58.4 Å². The van der Waals surface area contributed by atoms with Crippen LogP contribution >= 0.6 is 15.9 Å². The number of hydrogen-bond donors (Lipinski definition) is 2. The van der Waals surface area contributed by atoms with Crippen molar-refractivity contribution in [1.82, 2.24) is 15.3 Å². The Morgan fingerprint density at radius 3 is 2.38 bits per heavy atom. The first-order valence-electron chi connectivity index (χ1n) is 16.4. The number of benzene rings is 3. The van der Waals surface area contributed by atoms with Crippen LogP contribution in [0.15, 0.2) is 88.4 Å². The van der Waals surface area contributed by atoms with Crippen LogP contribution in [0.3, 0.4) is 0 Å². The van der Waals surface area contributed by atoms with Crippen LogP contribution < -0.4 is 20.5 Å². The fraction of sp³-hybridized carbons (Fsp3) is 0.378. The van der Waals surface area contributed by atoms with E-state index >= 15 is 0 Å². The van der Waals surface area contributed by atoms with Gasteiger partial charge in [0, 0.05) is 47.7 Å². The number of rotatable bonds is 12. The maximum atomic E-state index is 13.7. The molecule has 2 heterocycles. The van der Waals surface area contributed by atoms with E-state index in [4.69, 9.17) is 9.97 Å². The van der Waals surface area contributed by atoms with Crippen molar-refractivity contribution in [3.63, 3.8) is 0 Å². The van der Waals surface area contributed by atoms with Gasteiger partial charge < -0.3 is 15.5 Å². The number of halogens is 1. The zero-order valence-corrected chi connectivity index (χ0v) is 28.8. The third-order valence-electron chi connectivity index (χ3n) is 9.29. The quantitative estimate of drug-likeness (QED) is 0.155. The van der Waals surface area contributed by atoms with E-state index in [1.165, 1.54) is 5.01 Å². The SMILES string of the molecule is CC1=NN(c2ccccc2)C(=O)C1C(CNC[C@H]1CC[C@@H](Nc2nc(N(C)C)c3ccccc3n2)CC1)CC(=O)c1ccc(Br)cc1. The van der Waals surface area contributed by atoms with Gasteiger partial charge in [-0.25, -0.2) is 9.99 Å². The van der Waals surface area contributed by atoms with E-state index in [-0.39, 0.29) is 24.0 Å². The molecule has 2 N–H and O–H groups in total. The number of hydrazone groups is 1. The van der Waals surface area contributed by atoms with Crippen LogP contribution in [-0.4, -0.2) is 60.6 Å². The summed E-state index contributed by atoms with van der Waals surface area (Å²) in [5.74, 6) is 1.38. The smallest absolute Gasteiger partial charge is 0.256 e. The second kappa shape index (κ2) is 14.7. The molecule has 0 spiro atoms. The molecule has 0 radical (unpaired) electrons. The molecular formula is C37H42BrN7O2. The Kier molecular flexibility index (Phi) is 10.3. The minimum atomic E-state index is -0.462. The third-order valence-corrected chi connectivity index (χ3v) is 9.82. The first-order valence-corrected chi connectivity index (χ1v) is 17.2. The highest BCUT2D eigenvalue weighted by Crippen LogP contribution is 2.32. The summed E-state index contributed by atoms with van der Waals surface area (Å²) in [6, 6.07) is 25.3. The number of ketones is 1. The van der Waals surface area contributed by atoms with Gasteiger partial charge in [0.15, 0.2) is 5.78 Å². The number of hydrogen-bond acceptors (Lipinski definition) is 8. The molecule has 1 amide bonds. The van der Waals surface area contributed by atoms with Gasteiger partial charge in [0.1, 0.15) is 5.82 Å². The lowest BCUT2D eigenvalue weighted by molar-refractivity contribution is -0.120. The molecule has 10 heteroatoms. The maximum Gasteiger partial charge on any atom is 0.256 e. The van der Waals surface area contributed by atoms with Gasteiger partial charge in [0.2, 0.25) is 5.95 Å². The summed E-state index contributed by atoms with van der Waals surface area (Å²) in [6.45, 7) is 3.30. The number of anilines is 3. The summed E-state index contributed by atoms with van der Waals surface area (Å²) < 4.78 is 0.924. The fourth-order valence-electron chi connectivity index (χ4n) is 6.81. The van der Waals surface area contributed by atoms with Crippen molar-refractivity contribution >= 4 is 61.7 Å². The first-order chi connectivity index (χ1) is 22.8. The maximum absolute atomic E-state index is 13.7. The molecule has 4 aromatic rings. The number of carbonyl (C=O) groups excluding carboxylic acids is 2. The molecule has 47 heavy (non-hydrogen) atoms. The Morgan fingerprint density at radius 2 is 1.66 bits per heavy atom. The number of aromatic nitrogens is 2. The van der Waals surface area contributed by atoms with Gasteiger partial charge in [0.25, 0.3) is 5.91 Å². The van der Waals surface area contributed by atoms with Gasteiger partial charge in [-0.2, -0.15) is 10.1 Å². The highest BCUT2D eigenvalue weighted by Gasteiger charge is 2.40. The zero-order chi connectivity index (χ0) is 32.9. The number of nitrogens with zero attached hydrogens (tertiary/aromatic N) is 5. The van der Waals surface area contributed by atoms with Crippen molar-refractivity contribution in [2.45, 2.75) is 45.1 Å². The van der Waals surface area contributed by atoms with Crippen LogP contribution in [0.4, 0.5) is 17.5 Å². The standard InChI is InChI=1S/C37H42BrN7O2/c1-24-34(36(47)45(43-24)30-9-5-4-6-10-30)27(21-33(46)26-15-17-28(38)18-16-26)23-39-22-25-13-19-29(20-14-25)40-37-41-32-12-8-7-11-31(32)35(42-37)44(2)3/h4-12,15-18,25,27,29,34,39H,13-14,19-23H2,1-3H3,(H,40,41,42)/t25-,27?,29+,34?. The molecule has 2 unspecified atom stereocenters. The molecule has 3 aromatic carbocycles. The van der Waals surface area contributed by atoms with E-state index in [1.807, 2.05) is 98.7 Å². The Labute approximate surface area is 285 Å². The van der Waals surface area contributed by atoms with Crippen LogP contribution in [0.1, 0.15) is 49.4 Å². The predicted octanol–water partition coefficient (Wildman–Crippen LogP) is 6.95. The first kappa shape index (κ1) is 32.8. The Bertz CT molecular complexity index is 1740. The number of amides is 1. The van der Waals surface area contributed by atoms with Crippen LogP contribution in [0.2, 0.25) is 0 Å². The topological polar surface area (TPSA) is 103 Å². The molecule has 0 bridgehead atoms. The summed E-state index contributed by atoms with van der Waals surface area (Å²) >= 11 is 3.45. The van der Waals surface area contributed by atoms with E-state index in [1.54, 1.807) is 0 Å². The van der Waals surface area contributed by atoms with Crippen LogP contribution in [0.5, 0.6) is 0 Å². The molecule has 2 aliphatic rings. The molecule has 1 aliphatic heterocycles. The number of nitrogens with one attached hydrogen (secondary N) is 2.